The van der Waals surface area contributed by atoms with Crippen LogP contribution in [0.4, 0.5) is 0 Å². The molecule has 0 aliphatic carbocycles. The normalized spacial score (nSPS) is 18.1. The molecular weight excluding hydrogens is 356 g/mol. The molecule has 1 aliphatic heterocycles. The van der Waals surface area contributed by atoms with Crippen LogP contribution in [0.5, 0.6) is 0 Å². The number of pyridine rings is 2. The van der Waals surface area contributed by atoms with Gasteiger partial charge in [0.25, 0.3) is 0 Å². The maximum Gasteiger partial charge on any atom is 0.156 e. The highest BCUT2D eigenvalue weighted by molar-refractivity contribution is 7.09. The lowest BCUT2D eigenvalue weighted by atomic mass is 9.97. The summed E-state index contributed by atoms with van der Waals surface area (Å²) in [6.45, 7) is 3.04. The summed E-state index contributed by atoms with van der Waals surface area (Å²) in [5.41, 5.74) is 3.16. The van der Waals surface area contributed by atoms with Gasteiger partial charge in [0.05, 0.1) is 6.54 Å². The van der Waals surface area contributed by atoms with Gasteiger partial charge in [-0.25, -0.2) is 14.5 Å². The predicted octanol–water partition coefficient (Wildman–Crippen LogP) is 3.63. The second-order valence-corrected chi connectivity index (χ2v) is 7.91. The topological polar surface area (TPSA) is 59.2 Å². The number of fused-ring (bicyclic) bond motifs is 1. The third kappa shape index (κ3) is 3.48. The van der Waals surface area contributed by atoms with Crippen molar-refractivity contribution in [2.75, 3.05) is 13.1 Å². The molecule has 5 heterocycles. The minimum Gasteiger partial charge on any atom is -0.296 e. The number of thiazole rings is 1. The minimum absolute atomic E-state index is 0.378. The Morgan fingerprint density at radius 3 is 2.85 bits per heavy atom. The monoisotopic (exact) mass is 376 g/mol. The van der Waals surface area contributed by atoms with E-state index in [0.29, 0.717) is 5.92 Å². The Morgan fingerprint density at radius 1 is 1.07 bits per heavy atom. The smallest absolute Gasteiger partial charge is 0.156 e. The van der Waals surface area contributed by atoms with Gasteiger partial charge in [0.15, 0.2) is 11.5 Å². The molecule has 0 amide bonds. The molecule has 0 aromatic carbocycles. The maximum atomic E-state index is 4.80. The summed E-state index contributed by atoms with van der Waals surface area (Å²) in [6, 6.07) is 8.16. The largest absolute Gasteiger partial charge is 0.296 e. The third-order valence-corrected chi connectivity index (χ3v) is 5.84. The summed E-state index contributed by atoms with van der Waals surface area (Å²) < 4.78 is 1.91. The van der Waals surface area contributed by atoms with Gasteiger partial charge in [-0.2, -0.15) is 5.10 Å². The number of hydrogen-bond donors (Lipinski definition) is 0. The molecule has 0 unspecified atom stereocenters. The minimum atomic E-state index is 0.378. The number of nitrogens with zero attached hydrogens (tertiary/aromatic N) is 6. The standard InChI is InChI=1S/C20H20N6S/c1-2-17(12-25(10-1)14-19-22-9-11-27-19)20-23-18-4-3-16(13-26(18)24-20)15-5-7-21-8-6-15/h3-9,11,13,17H,1-2,10,12,14H2/t17-/m1/s1. The first-order valence-corrected chi connectivity index (χ1v) is 10.1. The van der Waals surface area contributed by atoms with Crippen molar-refractivity contribution >= 4 is 17.0 Å². The molecule has 1 fully saturated rings. The van der Waals surface area contributed by atoms with E-state index in [-0.39, 0.29) is 0 Å². The van der Waals surface area contributed by atoms with Gasteiger partial charge < -0.3 is 0 Å². The number of piperidine rings is 1. The van der Waals surface area contributed by atoms with Crippen LogP contribution < -0.4 is 0 Å². The van der Waals surface area contributed by atoms with Crippen molar-refractivity contribution in [3.8, 4) is 11.1 Å². The molecule has 136 valence electrons. The summed E-state index contributed by atoms with van der Waals surface area (Å²) >= 11 is 1.72. The van der Waals surface area contributed by atoms with Gasteiger partial charge in [-0.1, -0.05) is 0 Å². The zero-order valence-electron chi connectivity index (χ0n) is 14.9. The van der Waals surface area contributed by atoms with E-state index in [1.807, 2.05) is 46.7 Å². The molecule has 1 aliphatic rings. The summed E-state index contributed by atoms with van der Waals surface area (Å²) in [6.07, 6.45) is 9.87. The van der Waals surface area contributed by atoms with Crippen LogP contribution in [-0.2, 0) is 6.54 Å². The van der Waals surface area contributed by atoms with E-state index in [1.165, 1.54) is 11.4 Å². The first kappa shape index (κ1) is 16.5. The first-order valence-electron chi connectivity index (χ1n) is 9.22. The molecule has 0 spiro atoms. The molecule has 27 heavy (non-hydrogen) atoms. The fraction of sp³-hybridized carbons (Fsp3) is 0.300. The highest BCUT2D eigenvalue weighted by Crippen LogP contribution is 2.27. The fourth-order valence-corrected chi connectivity index (χ4v) is 4.38. The Bertz CT molecular complexity index is 1030. The van der Waals surface area contributed by atoms with Gasteiger partial charge in [-0.15, -0.1) is 11.3 Å². The van der Waals surface area contributed by atoms with E-state index in [1.54, 1.807) is 11.3 Å². The predicted molar refractivity (Wildman–Crippen MR) is 106 cm³/mol. The molecule has 0 saturated carbocycles. The maximum absolute atomic E-state index is 4.80. The molecule has 1 atom stereocenters. The second kappa shape index (κ2) is 7.17. The third-order valence-electron chi connectivity index (χ3n) is 5.07. The molecule has 7 heteroatoms. The van der Waals surface area contributed by atoms with E-state index in [9.17, 15) is 0 Å². The molecule has 6 nitrogen and oxygen atoms in total. The van der Waals surface area contributed by atoms with Gasteiger partial charge in [0.2, 0.25) is 0 Å². The van der Waals surface area contributed by atoms with E-state index in [0.717, 1.165) is 48.7 Å². The van der Waals surface area contributed by atoms with Gasteiger partial charge in [-0.05, 0) is 49.2 Å². The van der Waals surface area contributed by atoms with Crippen molar-refractivity contribution in [3.63, 3.8) is 0 Å². The van der Waals surface area contributed by atoms with E-state index < -0.39 is 0 Å². The first-order chi connectivity index (χ1) is 13.3. The van der Waals surface area contributed by atoms with Crippen molar-refractivity contribution in [2.45, 2.75) is 25.3 Å². The van der Waals surface area contributed by atoms with Crippen molar-refractivity contribution in [1.29, 1.82) is 0 Å². The molecule has 1 saturated heterocycles. The Labute approximate surface area is 161 Å². The van der Waals surface area contributed by atoms with Crippen LogP contribution in [0.15, 0.2) is 54.4 Å². The molecule has 0 N–H and O–H groups in total. The molecule has 5 rings (SSSR count). The van der Waals surface area contributed by atoms with E-state index in [2.05, 4.69) is 27.1 Å². The van der Waals surface area contributed by atoms with Crippen molar-refractivity contribution < 1.29 is 0 Å². The van der Waals surface area contributed by atoms with Crippen LogP contribution in [-0.4, -0.2) is 42.6 Å². The van der Waals surface area contributed by atoms with Crippen molar-refractivity contribution in [1.82, 2.24) is 29.5 Å². The lowest BCUT2D eigenvalue weighted by molar-refractivity contribution is 0.196. The van der Waals surface area contributed by atoms with E-state index >= 15 is 0 Å². The van der Waals surface area contributed by atoms with Crippen LogP contribution in [0.25, 0.3) is 16.8 Å². The lowest BCUT2D eigenvalue weighted by Crippen LogP contribution is -2.34. The van der Waals surface area contributed by atoms with Crippen molar-refractivity contribution in [2.24, 2.45) is 0 Å². The van der Waals surface area contributed by atoms with E-state index in [4.69, 9.17) is 10.1 Å². The molecule has 4 aromatic rings. The highest BCUT2D eigenvalue weighted by Gasteiger charge is 2.25. The average Bonchev–Trinajstić information content (AvgIpc) is 3.38. The quantitative estimate of drug-likeness (QED) is 0.544. The summed E-state index contributed by atoms with van der Waals surface area (Å²) in [7, 11) is 0. The Morgan fingerprint density at radius 2 is 2.00 bits per heavy atom. The van der Waals surface area contributed by atoms with Gasteiger partial charge in [0.1, 0.15) is 5.01 Å². The second-order valence-electron chi connectivity index (χ2n) is 6.93. The van der Waals surface area contributed by atoms with Gasteiger partial charge in [-0.3, -0.25) is 9.88 Å². The van der Waals surface area contributed by atoms with Crippen LogP contribution in [0.1, 0.15) is 29.6 Å². The Kier molecular flexibility index (Phi) is 4.39. The number of hydrogen-bond acceptors (Lipinski definition) is 6. The zero-order chi connectivity index (χ0) is 18.1. The van der Waals surface area contributed by atoms with Gasteiger partial charge in [0, 0.05) is 48.2 Å². The van der Waals surface area contributed by atoms with Crippen LogP contribution >= 0.6 is 11.3 Å². The molecule has 0 bridgehead atoms. The van der Waals surface area contributed by atoms with Crippen LogP contribution in [0, 0.1) is 0 Å². The fourth-order valence-electron chi connectivity index (χ4n) is 3.72. The number of likely N-dealkylation sites (tertiary alicyclic amines) is 1. The van der Waals surface area contributed by atoms with Crippen LogP contribution in [0.3, 0.4) is 0 Å². The SMILES string of the molecule is c1cc(-c2ccc3nc([C@@H]4CCCN(Cc5nccs5)C4)nn3c2)ccn1. The Balaban J connectivity index is 1.38. The van der Waals surface area contributed by atoms with Crippen molar-refractivity contribution in [3.05, 3.63) is 65.3 Å². The highest BCUT2D eigenvalue weighted by atomic mass is 32.1. The zero-order valence-corrected chi connectivity index (χ0v) is 15.7. The molecular formula is C20H20N6S. The average molecular weight is 376 g/mol. The lowest BCUT2D eigenvalue weighted by Gasteiger charge is -2.30. The summed E-state index contributed by atoms with van der Waals surface area (Å²) in [4.78, 5) is 15.8. The summed E-state index contributed by atoms with van der Waals surface area (Å²) in [5.74, 6) is 1.33. The Hall–Kier alpha value is -2.64. The van der Waals surface area contributed by atoms with Gasteiger partial charge >= 0.3 is 0 Å². The molecule has 4 aromatic heterocycles. The molecule has 0 radical (unpaired) electrons. The number of rotatable bonds is 4. The van der Waals surface area contributed by atoms with Crippen LogP contribution in [0.2, 0.25) is 0 Å². The summed E-state index contributed by atoms with van der Waals surface area (Å²) in [5, 5.41) is 8.03. The number of aromatic nitrogens is 5.